The monoisotopic (exact) mass is 508 g/mol. The molecule has 5 N–H and O–H groups in total. The van der Waals surface area contributed by atoms with Gasteiger partial charge in [0.1, 0.15) is 17.3 Å². The van der Waals surface area contributed by atoms with E-state index in [4.69, 9.17) is 5.73 Å². The average Bonchev–Trinajstić information content (AvgIpc) is 3.59. The molecule has 0 saturated carbocycles. The third-order valence-corrected chi connectivity index (χ3v) is 7.01. The summed E-state index contributed by atoms with van der Waals surface area (Å²) in [6.07, 6.45) is 13.5. The molecule has 1 aliphatic rings. The number of piperidine rings is 1. The van der Waals surface area contributed by atoms with Gasteiger partial charge in [-0.2, -0.15) is 11.8 Å². The van der Waals surface area contributed by atoms with Crippen LogP contribution in [0.15, 0.2) is 36.7 Å². The summed E-state index contributed by atoms with van der Waals surface area (Å²) in [7, 11) is 0. The summed E-state index contributed by atoms with van der Waals surface area (Å²) < 4.78 is 0. The fourth-order valence-corrected chi connectivity index (χ4v) is 4.85. The van der Waals surface area contributed by atoms with Gasteiger partial charge in [0.05, 0.1) is 24.1 Å². The Hall–Kier alpha value is -2.53. The zero-order chi connectivity index (χ0) is 26.2. The second kappa shape index (κ2) is 17.0. The molecule has 1 aliphatic heterocycles. The third kappa shape index (κ3) is 9.50. The van der Waals surface area contributed by atoms with E-state index in [0.29, 0.717) is 11.3 Å². The zero-order valence-electron chi connectivity index (χ0n) is 22.7. The first-order valence-electron chi connectivity index (χ1n) is 13.3. The minimum Gasteiger partial charge on any atom is -0.341 e. The highest BCUT2D eigenvalue weighted by atomic mass is 32.2. The van der Waals surface area contributed by atoms with Crippen LogP contribution in [0.25, 0.3) is 11.3 Å². The summed E-state index contributed by atoms with van der Waals surface area (Å²) in [5.41, 5.74) is 9.24. The second-order valence-electron chi connectivity index (χ2n) is 8.59. The van der Waals surface area contributed by atoms with Gasteiger partial charge in [0.25, 0.3) is 0 Å². The van der Waals surface area contributed by atoms with Gasteiger partial charge in [-0.15, -0.1) is 0 Å². The van der Waals surface area contributed by atoms with Crippen LogP contribution in [-0.4, -0.2) is 44.5 Å². The Morgan fingerprint density at radius 1 is 1.03 bits per heavy atom. The van der Waals surface area contributed by atoms with Crippen molar-refractivity contribution in [1.29, 1.82) is 0 Å². The molecule has 0 aliphatic carbocycles. The standard InChI is InChI=1S/C21H23N5S.C6H15N.C2H6/c1-14-23-12-17(25-14)10-7-15-5-8-16(9-6-15)18-13-24-21(26-18)20-19(27-2)4-3-11-22-20;1-2-3-4-5-6-7;1-2/h5-6,8-9,12-13,19-20,22H,3-4,11H2,1-2H3,(H,23,25)(H,24,26);2-7H2,1H3;1-2H3/t19?,20-;;/m0../s1. The maximum Gasteiger partial charge on any atom is 0.124 e. The molecular formula is C29H44N6S. The largest absolute Gasteiger partial charge is 0.341 e. The van der Waals surface area contributed by atoms with Crippen molar-refractivity contribution in [3.63, 3.8) is 0 Å². The van der Waals surface area contributed by atoms with Crippen LogP contribution in [0, 0.1) is 18.8 Å². The molecule has 0 spiro atoms. The lowest BCUT2D eigenvalue weighted by Crippen LogP contribution is -2.36. The molecule has 6 nitrogen and oxygen atoms in total. The second-order valence-corrected chi connectivity index (χ2v) is 9.67. The van der Waals surface area contributed by atoms with Crippen molar-refractivity contribution >= 4 is 11.8 Å². The van der Waals surface area contributed by atoms with Gasteiger partial charge in [-0.25, -0.2) is 9.97 Å². The summed E-state index contributed by atoms with van der Waals surface area (Å²) in [4.78, 5) is 15.4. The Morgan fingerprint density at radius 3 is 2.44 bits per heavy atom. The van der Waals surface area contributed by atoms with Crippen molar-refractivity contribution in [2.24, 2.45) is 5.73 Å². The van der Waals surface area contributed by atoms with Gasteiger partial charge in [-0.05, 0) is 69.1 Å². The SMILES string of the molecule is CC.CCCCCCN.CSC1CCCN[C@@H]1c1ncc(-c2ccc(C#Cc3cnc(C)[nH]3)cc2)[nH]1. The number of thioether (sulfide) groups is 1. The number of aromatic nitrogens is 4. The van der Waals surface area contributed by atoms with Crippen LogP contribution in [-0.2, 0) is 0 Å². The van der Waals surface area contributed by atoms with E-state index in [1.807, 2.05) is 50.9 Å². The molecule has 0 radical (unpaired) electrons. The van der Waals surface area contributed by atoms with Crippen LogP contribution in [0.3, 0.4) is 0 Å². The highest BCUT2D eigenvalue weighted by molar-refractivity contribution is 7.99. The Kier molecular flexibility index (Phi) is 14.0. The first kappa shape index (κ1) is 29.7. The molecule has 7 heteroatoms. The highest BCUT2D eigenvalue weighted by Gasteiger charge is 2.27. The molecule has 1 fully saturated rings. The van der Waals surface area contributed by atoms with Crippen molar-refractivity contribution in [3.05, 3.63) is 59.6 Å². The van der Waals surface area contributed by atoms with Crippen molar-refractivity contribution in [2.75, 3.05) is 19.3 Å². The zero-order valence-corrected chi connectivity index (χ0v) is 23.5. The predicted molar refractivity (Wildman–Crippen MR) is 155 cm³/mol. The van der Waals surface area contributed by atoms with Crippen LogP contribution < -0.4 is 11.1 Å². The summed E-state index contributed by atoms with van der Waals surface area (Å²) in [6, 6.07) is 8.54. The number of hydrogen-bond donors (Lipinski definition) is 4. The van der Waals surface area contributed by atoms with Crippen LogP contribution in [0.5, 0.6) is 0 Å². The fourth-order valence-electron chi connectivity index (χ4n) is 3.96. The smallest absolute Gasteiger partial charge is 0.124 e. The van der Waals surface area contributed by atoms with E-state index in [9.17, 15) is 0 Å². The third-order valence-electron chi connectivity index (χ3n) is 5.89. The molecule has 0 amide bonds. The normalized spacial score (nSPS) is 16.6. The van der Waals surface area contributed by atoms with E-state index in [-0.39, 0.29) is 0 Å². The molecule has 36 heavy (non-hydrogen) atoms. The number of unbranched alkanes of at least 4 members (excludes halogenated alkanes) is 3. The van der Waals surface area contributed by atoms with Gasteiger partial charge in [-0.1, -0.05) is 58.1 Å². The minimum absolute atomic E-state index is 0.297. The topological polar surface area (TPSA) is 95.4 Å². The number of hydrogen-bond acceptors (Lipinski definition) is 5. The summed E-state index contributed by atoms with van der Waals surface area (Å²) in [5, 5.41) is 4.17. The Labute approximate surface area is 222 Å². The summed E-state index contributed by atoms with van der Waals surface area (Å²) in [6.45, 7) is 10.0. The van der Waals surface area contributed by atoms with E-state index in [1.165, 1.54) is 38.5 Å². The summed E-state index contributed by atoms with van der Waals surface area (Å²) >= 11 is 1.92. The molecule has 0 bridgehead atoms. The molecule has 196 valence electrons. The fraction of sp³-hybridized carbons (Fsp3) is 0.517. The van der Waals surface area contributed by atoms with Crippen LogP contribution in [0.4, 0.5) is 0 Å². The average molecular weight is 509 g/mol. The van der Waals surface area contributed by atoms with Crippen molar-refractivity contribution < 1.29 is 0 Å². The molecule has 3 heterocycles. The van der Waals surface area contributed by atoms with E-state index < -0.39 is 0 Å². The van der Waals surface area contributed by atoms with Crippen molar-refractivity contribution in [1.82, 2.24) is 25.3 Å². The maximum atomic E-state index is 5.27. The number of rotatable bonds is 7. The molecule has 2 aromatic heterocycles. The highest BCUT2D eigenvalue weighted by Crippen LogP contribution is 2.31. The molecule has 3 aromatic rings. The number of imidazole rings is 2. The van der Waals surface area contributed by atoms with Gasteiger partial charge in [-0.3, -0.25) is 0 Å². The lowest BCUT2D eigenvalue weighted by atomic mass is 10.0. The van der Waals surface area contributed by atoms with E-state index in [0.717, 1.165) is 47.3 Å². The number of nitrogens with one attached hydrogen (secondary N) is 3. The lowest BCUT2D eigenvalue weighted by molar-refractivity contribution is 0.411. The first-order valence-corrected chi connectivity index (χ1v) is 14.6. The Bertz CT molecular complexity index is 1040. The molecule has 4 rings (SSSR count). The first-order chi connectivity index (χ1) is 17.6. The lowest BCUT2D eigenvalue weighted by Gasteiger charge is -2.29. The van der Waals surface area contributed by atoms with Gasteiger partial charge >= 0.3 is 0 Å². The number of aryl methyl sites for hydroxylation is 1. The van der Waals surface area contributed by atoms with Gasteiger partial charge in [0, 0.05) is 10.8 Å². The van der Waals surface area contributed by atoms with Gasteiger partial charge in [0.2, 0.25) is 0 Å². The van der Waals surface area contributed by atoms with Crippen LogP contribution in [0.1, 0.15) is 88.2 Å². The number of benzene rings is 1. The van der Waals surface area contributed by atoms with Gasteiger partial charge < -0.3 is 21.0 Å². The van der Waals surface area contributed by atoms with Crippen molar-refractivity contribution in [3.8, 4) is 23.1 Å². The number of H-pyrrole nitrogens is 2. The quantitative estimate of drug-likeness (QED) is 0.225. The number of nitrogens with zero attached hydrogens (tertiary/aromatic N) is 2. The van der Waals surface area contributed by atoms with E-state index in [1.54, 1.807) is 6.20 Å². The van der Waals surface area contributed by atoms with E-state index >= 15 is 0 Å². The molecular weight excluding hydrogens is 464 g/mol. The molecule has 1 saturated heterocycles. The van der Waals surface area contributed by atoms with Crippen LogP contribution >= 0.6 is 11.8 Å². The maximum absolute atomic E-state index is 5.27. The number of aromatic amines is 2. The minimum atomic E-state index is 0.297. The Balaban J connectivity index is 0.000000440. The van der Waals surface area contributed by atoms with Crippen molar-refractivity contribution in [2.45, 2.75) is 77.5 Å². The Morgan fingerprint density at radius 2 is 1.81 bits per heavy atom. The molecule has 2 atom stereocenters. The molecule has 1 aromatic carbocycles. The summed E-state index contributed by atoms with van der Waals surface area (Å²) in [5.74, 6) is 8.17. The number of nitrogens with two attached hydrogens (primary N) is 1. The predicted octanol–water partition coefficient (Wildman–Crippen LogP) is 6.22. The van der Waals surface area contributed by atoms with Crippen LogP contribution in [0.2, 0.25) is 0 Å². The molecule has 1 unspecified atom stereocenters. The van der Waals surface area contributed by atoms with E-state index in [2.05, 4.69) is 62.4 Å². The van der Waals surface area contributed by atoms with Gasteiger partial charge in [0.15, 0.2) is 0 Å².